The summed E-state index contributed by atoms with van der Waals surface area (Å²) in [5.41, 5.74) is 0.866. The Morgan fingerprint density at radius 1 is 1.14 bits per heavy atom. The van der Waals surface area contributed by atoms with Crippen LogP contribution in [0, 0.1) is 5.82 Å². The molecule has 1 amide bonds. The molecular formula is C20H17FN2O4S. The van der Waals surface area contributed by atoms with Gasteiger partial charge in [-0.25, -0.2) is 14.2 Å². The fourth-order valence-corrected chi connectivity index (χ4v) is 3.40. The van der Waals surface area contributed by atoms with Crippen molar-refractivity contribution < 1.29 is 23.5 Å². The molecule has 0 bridgehead atoms. The summed E-state index contributed by atoms with van der Waals surface area (Å²) in [6, 6.07) is 12.7. The van der Waals surface area contributed by atoms with Crippen molar-refractivity contribution in [3.05, 3.63) is 71.0 Å². The minimum atomic E-state index is -0.777. The van der Waals surface area contributed by atoms with Gasteiger partial charge in [0.05, 0.1) is 24.1 Å². The average Bonchev–Trinajstić information content (AvgIpc) is 3.15. The third-order valence-corrected chi connectivity index (χ3v) is 4.69. The summed E-state index contributed by atoms with van der Waals surface area (Å²) in [7, 11) is 1.52. The molecule has 0 aliphatic heterocycles. The van der Waals surface area contributed by atoms with Crippen molar-refractivity contribution in [2.45, 2.75) is 13.5 Å². The maximum absolute atomic E-state index is 13.7. The molecule has 0 radical (unpaired) electrons. The zero-order valence-corrected chi connectivity index (χ0v) is 16.0. The first kappa shape index (κ1) is 19.5. The molecule has 0 unspecified atom stereocenters. The highest BCUT2D eigenvalue weighted by Crippen LogP contribution is 2.35. The quantitative estimate of drug-likeness (QED) is 0.576. The highest BCUT2D eigenvalue weighted by molar-refractivity contribution is 7.14. The number of ether oxygens (including phenoxy) is 2. The number of methoxy groups -OCH3 is 1. The summed E-state index contributed by atoms with van der Waals surface area (Å²) >= 11 is 1.22. The number of anilines is 2. The molecule has 0 aliphatic rings. The fraction of sp³-hybridized carbons (Fsp3) is 0.150. The van der Waals surface area contributed by atoms with Crippen molar-refractivity contribution in [3.63, 3.8) is 0 Å². The zero-order chi connectivity index (χ0) is 20.1. The molecule has 1 aromatic heterocycles. The number of thiazole rings is 1. The number of para-hydroxylation sites is 2. The molecule has 6 nitrogen and oxygen atoms in total. The summed E-state index contributed by atoms with van der Waals surface area (Å²) in [4.78, 5) is 30.0. The molecule has 0 atom stereocenters. The van der Waals surface area contributed by atoms with Gasteiger partial charge in [-0.3, -0.25) is 9.69 Å². The van der Waals surface area contributed by atoms with Gasteiger partial charge >= 0.3 is 5.97 Å². The van der Waals surface area contributed by atoms with Crippen LogP contribution in [-0.4, -0.2) is 24.0 Å². The van der Waals surface area contributed by atoms with E-state index in [9.17, 15) is 14.0 Å². The average molecular weight is 400 g/mol. The number of benzene rings is 2. The standard InChI is InChI=1S/C20H17FN2O4S/c1-13(24)23(17-9-5-6-10-18(17)26-2)20-22-14(12-28-20)11-27-19(25)15-7-3-4-8-16(15)21/h3-10,12H,11H2,1-2H3. The lowest BCUT2D eigenvalue weighted by Gasteiger charge is -2.20. The van der Waals surface area contributed by atoms with E-state index >= 15 is 0 Å². The Bertz CT molecular complexity index is 1010. The van der Waals surface area contributed by atoms with E-state index in [4.69, 9.17) is 9.47 Å². The molecule has 3 aromatic rings. The van der Waals surface area contributed by atoms with Crippen LogP contribution in [-0.2, 0) is 16.1 Å². The normalized spacial score (nSPS) is 10.4. The molecule has 3 rings (SSSR count). The van der Waals surface area contributed by atoms with Gasteiger partial charge in [0.15, 0.2) is 5.13 Å². The second kappa shape index (κ2) is 8.62. The third-order valence-electron chi connectivity index (χ3n) is 3.82. The summed E-state index contributed by atoms with van der Waals surface area (Å²) in [6.45, 7) is 1.28. The highest BCUT2D eigenvalue weighted by atomic mass is 32.1. The van der Waals surface area contributed by atoms with E-state index in [0.717, 1.165) is 0 Å². The molecule has 1 heterocycles. The number of esters is 1. The van der Waals surface area contributed by atoms with Crippen molar-refractivity contribution in [1.82, 2.24) is 4.98 Å². The molecule has 0 fully saturated rings. The number of hydrogen-bond acceptors (Lipinski definition) is 6. The maximum Gasteiger partial charge on any atom is 0.341 e. The number of rotatable bonds is 6. The molecule has 8 heteroatoms. The minimum absolute atomic E-state index is 0.138. The predicted molar refractivity (Wildman–Crippen MR) is 103 cm³/mol. The van der Waals surface area contributed by atoms with E-state index in [2.05, 4.69) is 4.98 Å². The van der Waals surface area contributed by atoms with E-state index in [1.165, 1.54) is 48.5 Å². The lowest BCUT2D eigenvalue weighted by atomic mass is 10.2. The van der Waals surface area contributed by atoms with E-state index in [-0.39, 0.29) is 18.1 Å². The van der Waals surface area contributed by atoms with Gasteiger partial charge in [0.2, 0.25) is 5.91 Å². The second-order valence-electron chi connectivity index (χ2n) is 5.70. The van der Waals surface area contributed by atoms with Crippen molar-refractivity contribution >= 4 is 34.0 Å². The Labute approximate surface area is 165 Å². The van der Waals surface area contributed by atoms with Crippen molar-refractivity contribution in [3.8, 4) is 5.75 Å². The number of nitrogens with zero attached hydrogens (tertiary/aromatic N) is 2. The molecule has 0 spiro atoms. The van der Waals surface area contributed by atoms with Gasteiger partial charge in [-0.2, -0.15) is 0 Å². The van der Waals surface area contributed by atoms with Gasteiger partial charge in [0.25, 0.3) is 0 Å². The molecule has 2 aromatic carbocycles. The van der Waals surface area contributed by atoms with Crippen LogP contribution >= 0.6 is 11.3 Å². The van der Waals surface area contributed by atoms with Crippen molar-refractivity contribution in [2.24, 2.45) is 0 Å². The molecule has 0 N–H and O–H groups in total. The van der Waals surface area contributed by atoms with Crippen LogP contribution in [0.1, 0.15) is 23.0 Å². The van der Waals surface area contributed by atoms with Crippen LogP contribution in [0.3, 0.4) is 0 Å². The second-order valence-corrected chi connectivity index (χ2v) is 6.54. The first-order chi connectivity index (χ1) is 13.5. The van der Waals surface area contributed by atoms with E-state index in [0.29, 0.717) is 22.3 Å². The van der Waals surface area contributed by atoms with E-state index in [1.807, 2.05) is 0 Å². The smallest absolute Gasteiger partial charge is 0.341 e. The number of carbonyl (C=O) groups is 2. The van der Waals surface area contributed by atoms with E-state index < -0.39 is 11.8 Å². The molecule has 0 saturated heterocycles. The maximum atomic E-state index is 13.7. The van der Waals surface area contributed by atoms with Crippen LogP contribution in [0.15, 0.2) is 53.9 Å². The van der Waals surface area contributed by atoms with Gasteiger partial charge in [0, 0.05) is 12.3 Å². The number of amides is 1. The van der Waals surface area contributed by atoms with Crippen LogP contribution in [0.5, 0.6) is 5.75 Å². The van der Waals surface area contributed by atoms with E-state index in [1.54, 1.807) is 35.7 Å². The Morgan fingerprint density at radius 2 is 1.86 bits per heavy atom. The van der Waals surface area contributed by atoms with Crippen LogP contribution < -0.4 is 9.64 Å². The van der Waals surface area contributed by atoms with Crippen LogP contribution in [0.4, 0.5) is 15.2 Å². The van der Waals surface area contributed by atoms with Crippen molar-refractivity contribution in [1.29, 1.82) is 0 Å². The summed E-state index contributed by atoms with van der Waals surface area (Å²) in [5, 5.41) is 2.09. The van der Waals surface area contributed by atoms with Gasteiger partial charge in [-0.05, 0) is 24.3 Å². The molecule has 28 heavy (non-hydrogen) atoms. The number of halogens is 1. The number of carbonyl (C=O) groups excluding carboxylic acids is 2. The largest absolute Gasteiger partial charge is 0.495 e. The predicted octanol–water partition coefficient (Wildman–Crippen LogP) is 4.33. The van der Waals surface area contributed by atoms with Gasteiger partial charge in [-0.15, -0.1) is 11.3 Å². The van der Waals surface area contributed by atoms with Crippen molar-refractivity contribution in [2.75, 3.05) is 12.0 Å². The first-order valence-corrected chi connectivity index (χ1v) is 9.19. The topological polar surface area (TPSA) is 68.7 Å². The van der Waals surface area contributed by atoms with Crippen LogP contribution in [0.2, 0.25) is 0 Å². The molecule has 0 aliphatic carbocycles. The number of aromatic nitrogens is 1. The summed E-state index contributed by atoms with van der Waals surface area (Å²) in [6.07, 6.45) is 0. The SMILES string of the molecule is COc1ccccc1N(C(C)=O)c1nc(COC(=O)c2ccccc2F)cs1. The van der Waals surface area contributed by atoms with Gasteiger partial charge < -0.3 is 9.47 Å². The van der Waals surface area contributed by atoms with Gasteiger partial charge in [0.1, 0.15) is 18.2 Å². The highest BCUT2D eigenvalue weighted by Gasteiger charge is 2.21. The first-order valence-electron chi connectivity index (χ1n) is 8.31. The lowest BCUT2D eigenvalue weighted by molar-refractivity contribution is -0.115. The Kier molecular flexibility index (Phi) is 6.00. The number of hydrogen-bond donors (Lipinski definition) is 0. The molecule has 144 valence electrons. The summed E-state index contributed by atoms with van der Waals surface area (Å²) < 4.78 is 24.1. The molecule has 0 saturated carbocycles. The fourth-order valence-electron chi connectivity index (χ4n) is 2.53. The zero-order valence-electron chi connectivity index (χ0n) is 15.2. The minimum Gasteiger partial charge on any atom is -0.495 e. The Morgan fingerprint density at radius 3 is 2.57 bits per heavy atom. The third kappa shape index (κ3) is 4.17. The Hall–Kier alpha value is -3.26. The molecular weight excluding hydrogens is 383 g/mol. The Balaban J connectivity index is 1.77. The monoisotopic (exact) mass is 400 g/mol. The van der Waals surface area contributed by atoms with Crippen LogP contribution in [0.25, 0.3) is 0 Å². The summed E-state index contributed by atoms with van der Waals surface area (Å²) in [5.74, 6) is -1.14. The van der Waals surface area contributed by atoms with Gasteiger partial charge in [-0.1, -0.05) is 24.3 Å². The lowest BCUT2D eigenvalue weighted by Crippen LogP contribution is -2.23.